The molecular formula is C36H34O8. The number of methoxy groups -OCH3 is 4. The van der Waals surface area contributed by atoms with Crippen LogP contribution in [0.25, 0.3) is 22.1 Å². The molecule has 4 aromatic carbocycles. The van der Waals surface area contributed by atoms with Gasteiger partial charge in [-0.05, 0) is 65.2 Å². The number of hydrogen-bond acceptors (Lipinski definition) is 8. The highest BCUT2D eigenvalue weighted by atomic mass is 16.5. The molecular weight excluding hydrogens is 560 g/mol. The van der Waals surface area contributed by atoms with E-state index in [1.165, 1.54) is 13.4 Å². The maximum absolute atomic E-state index is 13.7. The molecule has 1 heterocycles. The molecule has 5 aromatic rings. The Bertz CT molecular complexity index is 1770. The van der Waals surface area contributed by atoms with Crippen molar-refractivity contribution in [3.63, 3.8) is 0 Å². The molecule has 0 amide bonds. The van der Waals surface area contributed by atoms with Crippen molar-refractivity contribution in [2.24, 2.45) is 0 Å². The number of ether oxygens (including phenoxy) is 5. The molecule has 1 aromatic heterocycles. The predicted octanol–water partition coefficient (Wildman–Crippen LogP) is 6.80. The summed E-state index contributed by atoms with van der Waals surface area (Å²) < 4.78 is 33.4. The fourth-order valence-electron chi connectivity index (χ4n) is 5.19. The summed E-state index contributed by atoms with van der Waals surface area (Å²) in [5, 5.41) is 0.377. The van der Waals surface area contributed by atoms with Gasteiger partial charge in [-0.15, -0.1) is 0 Å². The SMILES string of the molecule is COC(=O)C[C@H](c1ccc(OCCc2ccc(OC)cc2)cc1)c1c(OC)ccc2c(=O)c(-c3ccc(OC)cc3)coc12. The van der Waals surface area contributed by atoms with Crippen molar-refractivity contribution >= 4 is 16.9 Å². The Hall–Kier alpha value is -5.24. The van der Waals surface area contributed by atoms with E-state index in [4.69, 9.17) is 28.1 Å². The van der Waals surface area contributed by atoms with Gasteiger partial charge in [-0.3, -0.25) is 9.59 Å². The van der Waals surface area contributed by atoms with Gasteiger partial charge in [0.1, 0.15) is 34.8 Å². The molecule has 8 nitrogen and oxygen atoms in total. The lowest BCUT2D eigenvalue weighted by molar-refractivity contribution is -0.140. The molecule has 0 bridgehead atoms. The van der Waals surface area contributed by atoms with E-state index in [0.29, 0.717) is 51.5 Å². The van der Waals surface area contributed by atoms with E-state index in [0.717, 1.165) is 23.3 Å². The maximum atomic E-state index is 13.7. The average molecular weight is 595 g/mol. The first kappa shape index (κ1) is 30.2. The van der Waals surface area contributed by atoms with Crippen molar-refractivity contribution in [1.29, 1.82) is 0 Å². The molecule has 0 saturated heterocycles. The second-order valence-electron chi connectivity index (χ2n) is 10.1. The summed E-state index contributed by atoms with van der Waals surface area (Å²) in [6, 6.07) is 26.0. The molecule has 0 aliphatic heterocycles. The van der Waals surface area contributed by atoms with Crippen LogP contribution in [0.5, 0.6) is 23.0 Å². The highest BCUT2D eigenvalue weighted by Crippen LogP contribution is 2.40. The molecule has 0 radical (unpaired) electrons. The van der Waals surface area contributed by atoms with Crippen molar-refractivity contribution in [2.45, 2.75) is 18.8 Å². The van der Waals surface area contributed by atoms with Crippen LogP contribution < -0.4 is 24.4 Å². The van der Waals surface area contributed by atoms with Crippen molar-refractivity contribution in [1.82, 2.24) is 0 Å². The van der Waals surface area contributed by atoms with Crippen LogP contribution in [0, 0.1) is 0 Å². The lowest BCUT2D eigenvalue weighted by atomic mass is 9.86. The lowest BCUT2D eigenvalue weighted by Gasteiger charge is -2.21. The first-order valence-electron chi connectivity index (χ1n) is 14.1. The van der Waals surface area contributed by atoms with Crippen LogP contribution in [0.1, 0.15) is 29.0 Å². The first-order valence-corrected chi connectivity index (χ1v) is 14.1. The number of benzene rings is 4. The topological polar surface area (TPSA) is 93.4 Å². The van der Waals surface area contributed by atoms with Gasteiger partial charge in [0.05, 0.1) is 52.4 Å². The molecule has 1 atom stereocenters. The zero-order valence-electron chi connectivity index (χ0n) is 25.1. The highest BCUT2D eigenvalue weighted by Gasteiger charge is 2.27. The van der Waals surface area contributed by atoms with Crippen LogP contribution in [-0.2, 0) is 16.0 Å². The monoisotopic (exact) mass is 594 g/mol. The number of esters is 1. The second-order valence-corrected chi connectivity index (χ2v) is 10.1. The Balaban J connectivity index is 1.47. The van der Waals surface area contributed by atoms with Gasteiger partial charge in [0, 0.05) is 17.9 Å². The van der Waals surface area contributed by atoms with E-state index in [9.17, 15) is 9.59 Å². The molecule has 0 aliphatic rings. The van der Waals surface area contributed by atoms with Gasteiger partial charge in [0.2, 0.25) is 5.43 Å². The third kappa shape index (κ3) is 6.54. The van der Waals surface area contributed by atoms with Crippen molar-refractivity contribution in [3.8, 4) is 34.1 Å². The molecule has 5 rings (SSSR count). The molecule has 0 saturated carbocycles. The fourth-order valence-corrected chi connectivity index (χ4v) is 5.19. The normalized spacial score (nSPS) is 11.5. The van der Waals surface area contributed by atoms with E-state index in [1.807, 2.05) is 60.7 Å². The Morgan fingerprint density at radius 2 is 1.39 bits per heavy atom. The standard InChI is InChI=1S/C36H34O8/c1-39-26-11-5-23(6-12-26)19-20-43-28-15-9-24(10-16-28)30(21-33(37)42-4)34-32(41-3)18-17-29-35(38)31(22-44-36(29)34)25-7-13-27(40-2)14-8-25/h5-18,22,30H,19-21H2,1-4H3/t30-/m1/s1. The number of rotatable bonds is 12. The Morgan fingerprint density at radius 3 is 2.00 bits per heavy atom. The van der Waals surface area contributed by atoms with Crippen molar-refractivity contribution < 1.29 is 32.9 Å². The summed E-state index contributed by atoms with van der Waals surface area (Å²) in [4.78, 5) is 26.4. The van der Waals surface area contributed by atoms with Crippen LogP contribution in [-0.4, -0.2) is 41.0 Å². The Morgan fingerprint density at radius 1 is 0.750 bits per heavy atom. The lowest BCUT2D eigenvalue weighted by Crippen LogP contribution is -2.13. The van der Waals surface area contributed by atoms with Gasteiger partial charge in [0.25, 0.3) is 0 Å². The molecule has 226 valence electrons. The molecule has 8 heteroatoms. The maximum Gasteiger partial charge on any atom is 0.306 e. The van der Waals surface area contributed by atoms with E-state index in [1.54, 1.807) is 45.6 Å². The summed E-state index contributed by atoms with van der Waals surface area (Å²) in [7, 11) is 6.12. The van der Waals surface area contributed by atoms with E-state index in [2.05, 4.69) is 0 Å². The van der Waals surface area contributed by atoms with Crippen LogP contribution >= 0.6 is 0 Å². The summed E-state index contributed by atoms with van der Waals surface area (Å²) >= 11 is 0. The van der Waals surface area contributed by atoms with Gasteiger partial charge < -0.3 is 28.1 Å². The number of hydrogen-bond donors (Lipinski definition) is 0. The Kier molecular flexibility index (Phi) is 9.49. The van der Waals surface area contributed by atoms with E-state index < -0.39 is 11.9 Å². The fraction of sp³-hybridized carbons (Fsp3) is 0.222. The molecule has 0 spiro atoms. The minimum atomic E-state index is -0.524. The van der Waals surface area contributed by atoms with Gasteiger partial charge in [-0.1, -0.05) is 36.4 Å². The molecule has 0 unspecified atom stereocenters. The van der Waals surface area contributed by atoms with Crippen LogP contribution in [0.4, 0.5) is 0 Å². The number of carbonyl (C=O) groups is 1. The third-order valence-corrected chi connectivity index (χ3v) is 7.61. The smallest absolute Gasteiger partial charge is 0.306 e. The Labute approximate surface area is 255 Å². The first-order chi connectivity index (χ1) is 21.4. The number of carbonyl (C=O) groups excluding carboxylic acids is 1. The van der Waals surface area contributed by atoms with Crippen molar-refractivity contribution in [2.75, 3.05) is 35.0 Å². The quantitative estimate of drug-likeness (QED) is 0.146. The minimum Gasteiger partial charge on any atom is -0.497 e. The molecule has 44 heavy (non-hydrogen) atoms. The highest BCUT2D eigenvalue weighted by molar-refractivity contribution is 5.87. The van der Waals surface area contributed by atoms with Gasteiger partial charge in [0.15, 0.2) is 0 Å². The molecule has 0 N–H and O–H groups in total. The van der Waals surface area contributed by atoms with Gasteiger partial charge >= 0.3 is 5.97 Å². The second kappa shape index (κ2) is 13.8. The van der Waals surface area contributed by atoms with E-state index in [-0.39, 0.29) is 11.8 Å². The molecule has 0 aliphatic carbocycles. The molecule has 0 fully saturated rings. The largest absolute Gasteiger partial charge is 0.497 e. The van der Waals surface area contributed by atoms with Gasteiger partial charge in [-0.2, -0.15) is 0 Å². The minimum absolute atomic E-state index is 0.00753. The zero-order chi connectivity index (χ0) is 31.1. The zero-order valence-corrected chi connectivity index (χ0v) is 25.1. The van der Waals surface area contributed by atoms with Crippen molar-refractivity contribution in [3.05, 3.63) is 118 Å². The number of fused-ring (bicyclic) bond motifs is 1. The van der Waals surface area contributed by atoms with Crippen LogP contribution in [0.2, 0.25) is 0 Å². The summed E-state index contributed by atoms with van der Waals surface area (Å²) in [5.41, 5.74) is 3.80. The van der Waals surface area contributed by atoms with Crippen LogP contribution in [0.15, 0.2) is 100 Å². The third-order valence-electron chi connectivity index (χ3n) is 7.61. The average Bonchev–Trinajstić information content (AvgIpc) is 3.07. The summed E-state index contributed by atoms with van der Waals surface area (Å²) in [6.45, 7) is 0.496. The predicted molar refractivity (Wildman–Crippen MR) is 168 cm³/mol. The van der Waals surface area contributed by atoms with E-state index >= 15 is 0 Å². The summed E-state index contributed by atoms with van der Waals surface area (Å²) in [6.07, 6.45) is 2.19. The summed E-state index contributed by atoms with van der Waals surface area (Å²) in [5.74, 6) is 1.75. The van der Waals surface area contributed by atoms with Gasteiger partial charge in [-0.25, -0.2) is 0 Å². The van der Waals surface area contributed by atoms with Crippen LogP contribution in [0.3, 0.4) is 0 Å².